The number of carbonyl (C=O) groups excluding carboxylic acids is 3. The molecule has 1 spiro atoms. The molecule has 1 amide bonds. The second-order valence-electron chi connectivity index (χ2n) is 7.79. The van der Waals surface area contributed by atoms with Crippen LogP contribution in [0.5, 0.6) is 5.75 Å². The van der Waals surface area contributed by atoms with Gasteiger partial charge >= 0.3 is 18.0 Å². The van der Waals surface area contributed by atoms with Crippen molar-refractivity contribution in [1.29, 1.82) is 0 Å². The van der Waals surface area contributed by atoms with Crippen LogP contribution in [-0.4, -0.2) is 60.9 Å². The Hall–Kier alpha value is -3.59. The monoisotopic (exact) mass is 441 g/mol. The maximum Gasteiger partial charge on any atom is 0.410 e. The summed E-state index contributed by atoms with van der Waals surface area (Å²) in [5, 5.41) is 10.7. The summed E-state index contributed by atoms with van der Waals surface area (Å²) in [7, 11) is 2.39. The van der Waals surface area contributed by atoms with Gasteiger partial charge in [-0.1, -0.05) is 36.4 Å². The molecule has 168 valence electrons. The van der Waals surface area contributed by atoms with Gasteiger partial charge in [-0.15, -0.1) is 0 Å². The number of benzene rings is 2. The van der Waals surface area contributed by atoms with Crippen molar-refractivity contribution in [3.63, 3.8) is 0 Å². The van der Waals surface area contributed by atoms with Crippen LogP contribution in [0.15, 0.2) is 42.5 Å². The minimum absolute atomic E-state index is 0.0270. The van der Waals surface area contributed by atoms with E-state index in [0.29, 0.717) is 5.56 Å². The molecule has 0 aromatic heterocycles. The molecule has 1 saturated heterocycles. The fourth-order valence-electron chi connectivity index (χ4n) is 4.06. The maximum atomic E-state index is 12.5. The number of aliphatic hydroxyl groups excluding tert-OH is 1. The van der Waals surface area contributed by atoms with E-state index in [1.54, 1.807) is 0 Å². The number of hydrogen-bond donors (Lipinski definition) is 1. The second-order valence-corrected chi connectivity index (χ2v) is 7.79. The number of ether oxygens (including phenoxy) is 4. The zero-order valence-electron chi connectivity index (χ0n) is 17.7. The first-order valence-corrected chi connectivity index (χ1v) is 10.0. The average Bonchev–Trinajstić information content (AvgIpc) is 2.79. The number of aliphatic hydroxyl groups is 1. The molecule has 2 aromatic rings. The molecule has 2 heterocycles. The standard InChI is InChI=1S/C23H23NO8/c1-29-20(26)16-9-8-15-17(25)10-23(32-19(15)18(16)21(27)30-2)12-24(13-23)22(28)31-11-14-6-4-3-5-7-14/h3-9,17,25H,10-13H2,1-2H3. The zero-order valence-corrected chi connectivity index (χ0v) is 17.7. The number of likely N-dealkylation sites (tertiary alicyclic amines) is 1. The third-order valence-electron chi connectivity index (χ3n) is 5.65. The summed E-state index contributed by atoms with van der Waals surface area (Å²) in [5.74, 6) is -1.45. The Bertz CT molecular complexity index is 1050. The first kappa shape index (κ1) is 21.6. The molecular weight excluding hydrogens is 418 g/mol. The molecule has 9 nitrogen and oxygen atoms in total. The number of hydrogen-bond acceptors (Lipinski definition) is 8. The Balaban J connectivity index is 1.53. The highest BCUT2D eigenvalue weighted by Crippen LogP contribution is 2.46. The van der Waals surface area contributed by atoms with E-state index < -0.39 is 29.7 Å². The molecule has 2 aromatic carbocycles. The van der Waals surface area contributed by atoms with E-state index in [0.717, 1.165) is 5.56 Å². The van der Waals surface area contributed by atoms with Crippen molar-refractivity contribution < 1.29 is 38.4 Å². The highest BCUT2D eigenvalue weighted by Gasteiger charge is 2.53. The van der Waals surface area contributed by atoms with Crippen LogP contribution in [0.2, 0.25) is 0 Å². The minimum Gasteiger partial charge on any atom is -0.482 e. The lowest BCUT2D eigenvalue weighted by molar-refractivity contribution is -0.108. The molecule has 4 rings (SSSR count). The summed E-state index contributed by atoms with van der Waals surface area (Å²) in [6, 6.07) is 12.2. The molecule has 0 bridgehead atoms. The first-order chi connectivity index (χ1) is 15.4. The van der Waals surface area contributed by atoms with Crippen LogP contribution >= 0.6 is 0 Å². The van der Waals surface area contributed by atoms with Crippen LogP contribution in [0.4, 0.5) is 4.79 Å². The van der Waals surface area contributed by atoms with E-state index in [2.05, 4.69) is 0 Å². The van der Waals surface area contributed by atoms with Gasteiger partial charge in [0, 0.05) is 12.0 Å². The Kier molecular flexibility index (Phi) is 5.75. The number of rotatable bonds is 4. The van der Waals surface area contributed by atoms with Crippen LogP contribution < -0.4 is 4.74 Å². The number of amides is 1. The van der Waals surface area contributed by atoms with Crippen LogP contribution in [0.25, 0.3) is 0 Å². The number of carbonyl (C=O) groups is 3. The van der Waals surface area contributed by atoms with Gasteiger partial charge < -0.3 is 29.0 Å². The SMILES string of the molecule is COC(=O)c1ccc2c(c1C(=O)OC)OC1(CC2O)CN(C(=O)OCc2ccccc2)C1. The molecule has 1 fully saturated rings. The van der Waals surface area contributed by atoms with E-state index in [1.807, 2.05) is 30.3 Å². The Morgan fingerprint density at radius 3 is 2.41 bits per heavy atom. The van der Waals surface area contributed by atoms with Crippen LogP contribution in [-0.2, 0) is 20.8 Å². The summed E-state index contributed by atoms with van der Waals surface area (Å²) in [4.78, 5) is 38.5. The number of fused-ring (bicyclic) bond motifs is 1. The Morgan fingerprint density at radius 2 is 1.75 bits per heavy atom. The van der Waals surface area contributed by atoms with Gasteiger partial charge in [0.25, 0.3) is 0 Å². The van der Waals surface area contributed by atoms with Crippen LogP contribution in [0, 0.1) is 0 Å². The van der Waals surface area contributed by atoms with Crippen molar-refractivity contribution in [1.82, 2.24) is 4.90 Å². The molecule has 1 N–H and O–H groups in total. The smallest absolute Gasteiger partial charge is 0.410 e. The summed E-state index contributed by atoms with van der Waals surface area (Å²) in [6.07, 6.45) is -1.23. The molecule has 1 unspecified atom stereocenters. The summed E-state index contributed by atoms with van der Waals surface area (Å²) in [6.45, 7) is 0.477. The molecule has 0 saturated carbocycles. The zero-order chi connectivity index (χ0) is 22.9. The van der Waals surface area contributed by atoms with Crippen molar-refractivity contribution in [3.05, 3.63) is 64.7 Å². The van der Waals surface area contributed by atoms with Gasteiger partial charge in [0.15, 0.2) is 0 Å². The van der Waals surface area contributed by atoms with Gasteiger partial charge in [-0.3, -0.25) is 0 Å². The summed E-state index contributed by atoms with van der Waals surface area (Å²) < 4.78 is 21.1. The predicted molar refractivity (Wildman–Crippen MR) is 110 cm³/mol. The van der Waals surface area contributed by atoms with E-state index in [1.165, 1.54) is 31.3 Å². The topological polar surface area (TPSA) is 112 Å². The number of nitrogens with zero attached hydrogens (tertiary/aromatic N) is 1. The van der Waals surface area contributed by atoms with Crippen molar-refractivity contribution >= 4 is 18.0 Å². The van der Waals surface area contributed by atoms with Crippen molar-refractivity contribution in [3.8, 4) is 5.75 Å². The third-order valence-corrected chi connectivity index (χ3v) is 5.65. The highest BCUT2D eigenvalue weighted by atomic mass is 16.6. The lowest BCUT2D eigenvalue weighted by Crippen LogP contribution is -2.68. The fraction of sp³-hybridized carbons (Fsp3) is 0.348. The van der Waals surface area contributed by atoms with Gasteiger partial charge in [0.1, 0.15) is 23.5 Å². The minimum atomic E-state index is -0.948. The summed E-state index contributed by atoms with van der Waals surface area (Å²) >= 11 is 0. The fourth-order valence-corrected chi connectivity index (χ4v) is 4.06. The Morgan fingerprint density at radius 1 is 1.06 bits per heavy atom. The lowest BCUT2D eigenvalue weighted by Gasteiger charge is -2.52. The van der Waals surface area contributed by atoms with E-state index in [4.69, 9.17) is 18.9 Å². The second kappa shape index (κ2) is 8.51. The van der Waals surface area contributed by atoms with Gasteiger partial charge in [-0.05, 0) is 11.6 Å². The van der Waals surface area contributed by atoms with Crippen molar-refractivity contribution in [2.45, 2.75) is 24.7 Å². The molecule has 2 aliphatic rings. The molecule has 0 radical (unpaired) electrons. The predicted octanol–water partition coefficient (Wildman–Crippen LogP) is 2.47. The molecule has 9 heteroatoms. The van der Waals surface area contributed by atoms with E-state index in [9.17, 15) is 19.5 Å². The largest absolute Gasteiger partial charge is 0.482 e. The summed E-state index contributed by atoms with van der Waals surface area (Å²) in [5.41, 5.74) is 0.192. The molecule has 0 aliphatic carbocycles. The van der Waals surface area contributed by atoms with Crippen LogP contribution in [0.3, 0.4) is 0 Å². The molecule has 1 atom stereocenters. The maximum absolute atomic E-state index is 12.5. The molecule has 32 heavy (non-hydrogen) atoms. The normalized spacial score (nSPS) is 18.1. The third kappa shape index (κ3) is 3.87. The quantitative estimate of drug-likeness (QED) is 0.569. The molecular formula is C23H23NO8. The number of methoxy groups -OCH3 is 2. The van der Waals surface area contributed by atoms with Gasteiger partial charge in [0.05, 0.1) is 39.0 Å². The Labute approximate surface area is 184 Å². The highest BCUT2D eigenvalue weighted by molar-refractivity contribution is 6.05. The first-order valence-electron chi connectivity index (χ1n) is 10.0. The lowest BCUT2D eigenvalue weighted by atomic mass is 9.82. The van der Waals surface area contributed by atoms with E-state index in [-0.39, 0.29) is 43.0 Å². The van der Waals surface area contributed by atoms with Crippen LogP contribution in [0.1, 0.15) is 44.4 Å². The van der Waals surface area contributed by atoms with Crippen molar-refractivity contribution in [2.75, 3.05) is 27.3 Å². The average molecular weight is 441 g/mol. The number of esters is 2. The van der Waals surface area contributed by atoms with Crippen molar-refractivity contribution in [2.24, 2.45) is 0 Å². The van der Waals surface area contributed by atoms with Gasteiger partial charge in [0.2, 0.25) is 0 Å². The van der Waals surface area contributed by atoms with Gasteiger partial charge in [-0.2, -0.15) is 0 Å². The van der Waals surface area contributed by atoms with E-state index >= 15 is 0 Å². The van der Waals surface area contributed by atoms with Gasteiger partial charge in [-0.25, -0.2) is 14.4 Å². The molecule has 2 aliphatic heterocycles.